The van der Waals surface area contributed by atoms with Crippen molar-refractivity contribution in [1.29, 1.82) is 0 Å². The summed E-state index contributed by atoms with van der Waals surface area (Å²) in [5.74, 6) is 1.29. The summed E-state index contributed by atoms with van der Waals surface area (Å²) in [7, 11) is 0. The van der Waals surface area contributed by atoms with Crippen molar-refractivity contribution < 1.29 is 14.2 Å². The second kappa shape index (κ2) is 4.87. The molecule has 0 aliphatic rings. The maximum Gasteiger partial charge on any atom is 0.269 e. The molecule has 0 N–H and O–H groups in total. The van der Waals surface area contributed by atoms with Crippen molar-refractivity contribution in [2.45, 2.75) is 20.5 Å². The standard InChI is InChI=1S/C12H12N2O4/c1-8-12(9(2)18-13-8)7-17-11-5-3-10(4-6-11)14(15)16/h3-6H,7H2,1-2H3. The van der Waals surface area contributed by atoms with E-state index in [-0.39, 0.29) is 5.69 Å². The highest BCUT2D eigenvalue weighted by Crippen LogP contribution is 2.20. The average Bonchev–Trinajstić information content (AvgIpc) is 2.67. The molecule has 2 aromatic rings. The van der Waals surface area contributed by atoms with Gasteiger partial charge in [-0.15, -0.1) is 0 Å². The molecule has 0 amide bonds. The Morgan fingerprint density at radius 3 is 2.50 bits per heavy atom. The summed E-state index contributed by atoms with van der Waals surface area (Å²) < 4.78 is 10.5. The maximum atomic E-state index is 10.5. The minimum atomic E-state index is -0.446. The second-order valence-electron chi connectivity index (χ2n) is 3.84. The van der Waals surface area contributed by atoms with E-state index in [0.717, 1.165) is 17.0 Å². The van der Waals surface area contributed by atoms with Gasteiger partial charge in [-0.2, -0.15) is 0 Å². The van der Waals surface area contributed by atoms with Crippen LogP contribution in [0.4, 0.5) is 5.69 Å². The number of hydrogen-bond donors (Lipinski definition) is 0. The second-order valence-corrected chi connectivity index (χ2v) is 3.84. The van der Waals surface area contributed by atoms with Gasteiger partial charge in [0.05, 0.1) is 16.2 Å². The quantitative estimate of drug-likeness (QED) is 0.614. The predicted octanol–water partition coefficient (Wildman–Crippen LogP) is 2.78. The SMILES string of the molecule is Cc1noc(C)c1COc1ccc([N+](=O)[O-])cc1. The van der Waals surface area contributed by atoms with Gasteiger partial charge in [-0.25, -0.2) is 0 Å². The van der Waals surface area contributed by atoms with E-state index < -0.39 is 4.92 Å². The van der Waals surface area contributed by atoms with E-state index in [9.17, 15) is 10.1 Å². The summed E-state index contributed by atoms with van der Waals surface area (Å²) in [4.78, 5) is 10.0. The highest BCUT2D eigenvalue weighted by Gasteiger charge is 2.10. The molecule has 1 heterocycles. The van der Waals surface area contributed by atoms with Crippen LogP contribution in [0, 0.1) is 24.0 Å². The Balaban J connectivity index is 2.04. The van der Waals surface area contributed by atoms with Gasteiger partial charge in [0.15, 0.2) is 0 Å². The molecular formula is C12H12N2O4. The first-order valence-corrected chi connectivity index (χ1v) is 5.37. The lowest BCUT2D eigenvalue weighted by Crippen LogP contribution is -1.98. The Morgan fingerprint density at radius 1 is 1.33 bits per heavy atom. The Hall–Kier alpha value is -2.37. The van der Waals surface area contributed by atoms with Crippen molar-refractivity contribution in [3.63, 3.8) is 0 Å². The van der Waals surface area contributed by atoms with Gasteiger partial charge < -0.3 is 9.26 Å². The largest absolute Gasteiger partial charge is 0.489 e. The molecule has 6 heteroatoms. The molecule has 6 nitrogen and oxygen atoms in total. The number of nitrogens with zero attached hydrogens (tertiary/aromatic N) is 2. The van der Waals surface area contributed by atoms with Crippen molar-refractivity contribution in [2.24, 2.45) is 0 Å². The third-order valence-corrected chi connectivity index (χ3v) is 2.61. The van der Waals surface area contributed by atoms with Crippen LogP contribution in [0.15, 0.2) is 28.8 Å². The zero-order valence-electron chi connectivity index (χ0n) is 10.0. The Labute approximate surface area is 103 Å². The fourth-order valence-electron chi connectivity index (χ4n) is 1.53. The maximum absolute atomic E-state index is 10.5. The van der Waals surface area contributed by atoms with Crippen LogP contribution >= 0.6 is 0 Å². The molecule has 0 atom stereocenters. The van der Waals surface area contributed by atoms with Gasteiger partial charge in [0.1, 0.15) is 18.1 Å². The van der Waals surface area contributed by atoms with Crippen molar-refractivity contribution in [2.75, 3.05) is 0 Å². The van der Waals surface area contributed by atoms with Crippen molar-refractivity contribution in [3.8, 4) is 5.75 Å². The zero-order valence-corrected chi connectivity index (χ0v) is 10.0. The Bertz CT molecular complexity index is 540. The normalized spacial score (nSPS) is 10.3. The molecule has 0 aliphatic heterocycles. The smallest absolute Gasteiger partial charge is 0.269 e. The highest BCUT2D eigenvalue weighted by atomic mass is 16.6. The van der Waals surface area contributed by atoms with E-state index in [4.69, 9.17) is 9.26 Å². The van der Waals surface area contributed by atoms with Crippen LogP contribution in [0.1, 0.15) is 17.0 Å². The van der Waals surface area contributed by atoms with Crippen molar-refractivity contribution in [3.05, 3.63) is 51.4 Å². The third kappa shape index (κ3) is 2.48. The van der Waals surface area contributed by atoms with Crippen LogP contribution in [0.5, 0.6) is 5.75 Å². The van der Waals surface area contributed by atoms with Gasteiger partial charge in [0.25, 0.3) is 5.69 Å². The fraction of sp³-hybridized carbons (Fsp3) is 0.250. The molecule has 0 bridgehead atoms. The first-order chi connectivity index (χ1) is 8.58. The molecule has 0 saturated carbocycles. The minimum Gasteiger partial charge on any atom is -0.489 e. The lowest BCUT2D eigenvalue weighted by atomic mass is 10.2. The number of ether oxygens (including phenoxy) is 1. The first-order valence-electron chi connectivity index (χ1n) is 5.37. The molecular weight excluding hydrogens is 236 g/mol. The molecule has 2 rings (SSSR count). The summed E-state index contributed by atoms with van der Waals surface area (Å²) in [5.41, 5.74) is 1.72. The first kappa shape index (κ1) is 12.1. The zero-order chi connectivity index (χ0) is 13.1. The number of benzene rings is 1. The molecule has 0 aliphatic carbocycles. The summed E-state index contributed by atoms with van der Waals surface area (Å²) in [6.45, 7) is 3.98. The van der Waals surface area contributed by atoms with Crippen LogP contribution in [0.2, 0.25) is 0 Å². The number of aryl methyl sites for hydroxylation is 2. The van der Waals surface area contributed by atoms with Crippen LogP contribution in [0.3, 0.4) is 0 Å². The summed E-state index contributed by atoms with van der Waals surface area (Å²) in [6, 6.07) is 5.94. The summed E-state index contributed by atoms with van der Waals surface area (Å²) in [6.07, 6.45) is 0. The lowest BCUT2D eigenvalue weighted by Gasteiger charge is -2.05. The lowest BCUT2D eigenvalue weighted by molar-refractivity contribution is -0.384. The molecule has 0 fully saturated rings. The highest BCUT2D eigenvalue weighted by molar-refractivity contribution is 5.36. The molecule has 1 aromatic carbocycles. The molecule has 1 aromatic heterocycles. The number of hydrogen-bond acceptors (Lipinski definition) is 5. The van der Waals surface area contributed by atoms with Gasteiger partial charge in [0.2, 0.25) is 0 Å². The van der Waals surface area contributed by atoms with Gasteiger partial charge in [-0.05, 0) is 26.0 Å². The van der Waals surface area contributed by atoms with E-state index in [2.05, 4.69) is 5.16 Å². The summed E-state index contributed by atoms with van der Waals surface area (Å²) in [5, 5.41) is 14.3. The van der Waals surface area contributed by atoms with Crippen LogP contribution in [-0.4, -0.2) is 10.1 Å². The van der Waals surface area contributed by atoms with E-state index in [1.165, 1.54) is 12.1 Å². The molecule has 0 saturated heterocycles. The predicted molar refractivity (Wildman–Crippen MR) is 63.4 cm³/mol. The summed E-state index contributed by atoms with van der Waals surface area (Å²) >= 11 is 0. The molecule has 0 unspecified atom stereocenters. The van der Waals surface area contributed by atoms with Gasteiger partial charge in [0, 0.05) is 12.1 Å². The van der Waals surface area contributed by atoms with E-state index in [0.29, 0.717) is 12.4 Å². The van der Waals surface area contributed by atoms with Gasteiger partial charge in [-0.1, -0.05) is 5.16 Å². The number of non-ortho nitro benzene ring substituents is 1. The topological polar surface area (TPSA) is 78.4 Å². The van der Waals surface area contributed by atoms with Gasteiger partial charge in [-0.3, -0.25) is 10.1 Å². The third-order valence-electron chi connectivity index (χ3n) is 2.61. The molecule has 0 spiro atoms. The van der Waals surface area contributed by atoms with Crippen LogP contribution < -0.4 is 4.74 Å². The minimum absolute atomic E-state index is 0.0414. The Morgan fingerprint density at radius 2 is 2.00 bits per heavy atom. The number of nitro benzene ring substituents is 1. The fourth-order valence-corrected chi connectivity index (χ4v) is 1.53. The molecule has 0 radical (unpaired) electrons. The van der Waals surface area contributed by atoms with E-state index in [1.807, 2.05) is 13.8 Å². The number of aromatic nitrogens is 1. The number of nitro groups is 1. The van der Waals surface area contributed by atoms with Gasteiger partial charge >= 0.3 is 0 Å². The van der Waals surface area contributed by atoms with Crippen LogP contribution in [0.25, 0.3) is 0 Å². The van der Waals surface area contributed by atoms with Crippen molar-refractivity contribution >= 4 is 5.69 Å². The molecule has 94 valence electrons. The Kier molecular flexibility index (Phi) is 3.27. The average molecular weight is 248 g/mol. The van der Waals surface area contributed by atoms with E-state index in [1.54, 1.807) is 12.1 Å². The van der Waals surface area contributed by atoms with E-state index >= 15 is 0 Å². The molecule has 18 heavy (non-hydrogen) atoms. The van der Waals surface area contributed by atoms with Crippen molar-refractivity contribution in [1.82, 2.24) is 5.16 Å². The number of rotatable bonds is 4. The van der Waals surface area contributed by atoms with Crippen LogP contribution in [-0.2, 0) is 6.61 Å². The monoisotopic (exact) mass is 248 g/mol.